The van der Waals surface area contributed by atoms with E-state index in [2.05, 4.69) is 18.9 Å². The minimum Gasteiger partial charge on any atom is -0.329 e. The van der Waals surface area contributed by atoms with Crippen molar-refractivity contribution < 1.29 is 4.79 Å². The molecule has 1 unspecified atom stereocenters. The number of nitrogens with zero attached hydrogens (tertiary/aromatic N) is 2. The predicted octanol–water partition coefficient (Wildman–Crippen LogP) is 1.62. The van der Waals surface area contributed by atoms with Crippen LogP contribution in [0.5, 0.6) is 0 Å². The molecule has 0 spiro atoms. The Kier molecular flexibility index (Phi) is 3.87. The normalized spacial score (nSPS) is 20.0. The maximum Gasteiger partial charge on any atom is 0.243 e. The summed E-state index contributed by atoms with van der Waals surface area (Å²) in [6, 6.07) is 10.3. The fraction of sp³-hybridized carbons (Fsp3) is 0.500. The molecule has 1 aliphatic heterocycles. The topological polar surface area (TPSA) is 49.6 Å². The summed E-state index contributed by atoms with van der Waals surface area (Å²) in [5, 5.41) is 3.90. The van der Waals surface area contributed by atoms with E-state index in [4.69, 9.17) is 5.73 Å². The molecular weight excluding hydrogens is 226 g/mol. The lowest BCUT2D eigenvalue weighted by Crippen LogP contribution is -2.46. The molecule has 0 bridgehead atoms. The zero-order chi connectivity index (χ0) is 13.1. The Morgan fingerprint density at radius 1 is 1.33 bits per heavy atom. The van der Waals surface area contributed by atoms with Crippen molar-refractivity contribution in [3.63, 3.8) is 0 Å². The Bertz CT molecular complexity index is 405. The van der Waals surface area contributed by atoms with Crippen molar-refractivity contribution in [2.24, 2.45) is 11.7 Å². The van der Waals surface area contributed by atoms with E-state index in [9.17, 15) is 4.79 Å². The smallest absolute Gasteiger partial charge is 0.243 e. The van der Waals surface area contributed by atoms with E-state index in [1.807, 2.05) is 30.3 Å². The average Bonchev–Trinajstić information content (AvgIpc) is 2.69. The number of anilines is 1. The second-order valence-electron chi connectivity index (χ2n) is 5.00. The second-order valence-corrected chi connectivity index (χ2v) is 5.00. The van der Waals surface area contributed by atoms with Crippen LogP contribution in [0, 0.1) is 5.92 Å². The van der Waals surface area contributed by atoms with Gasteiger partial charge in [-0.2, -0.15) is 0 Å². The fourth-order valence-electron chi connectivity index (χ4n) is 2.45. The number of hydrazine groups is 1. The molecule has 0 aliphatic carbocycles. The van der Waals surface area contributed by atoms with E-state index in [0.717, 1.165) is 5.69 Å². The van der Waals surface area contributed by atoms with Gasteiger partial charge in [0.15, 0.2) is 0 Å². The number of amides is 1. The lowest BCUT2D eigenvalue weighted by Gasteiger charge is -2.35. The molecule has 1 saturated heterocycles. The number of hydrogen-bond acceptors (Lipinski definition) is 3. The SMILES string of the molecule is CC(C)C1CC(=O)N(CCN)N1c1ccccc1. The monoisotopic (exact) mass is 247 g/mol. The summed E-state index contributed by atoms with van der Waals surface area (Å²) in [5.41, 5.74) is 6.68. The Hall–Kier alpha value is -1.55. The van der Waals surface area contributed by atoms with Gasteiger partial charge in [0.1, 0.15) is 0 Å². The molecule has 1 amide bonds. The first-order valence-electron chi connectivity index (χ1n) is 6.49. The fourth-order valence-corrected chi connectivity index (χ4v) is 2.45. The Morgan fingerprint density at radius 2 is 2.00 bits per heavy atom. The molecule has 98 valence electrons. The number of carbonyl (C=O) groups is 1. The third kappa shape index (κ3) is 2.34. The van der Waals surface area contributed by atoms with Crippen molar-refractivity contribution in [2.75, 3.05) is 18.1 Å². The Balaban J connectivity index is 2.33. The lowest BCUT2D eigenvalue weighted by molar-refractivity contribution is -0.128. The molecule has 4 nitrogen and oxygen atoms in total. The summed E-state index contributed by atoms with van der Waals surface area (Å²) in [7, 11) is 0. The molecule has 1 aromatic carbocycles. The van der Waals surface area contributed by atoms with Crippen LogP contribution >= 0.6 is 0 Å². The van der Waals surface area contributed by atoms with Crippen LogP contribution in [0.1, 0.15) is 20.3 Å². The van der Waals surface area contributed by atoms with Gasteiger partial charge in [0.25, 0.3) is 0 Å². The van der Waals surface area contributed by atoms with Gasteiger partial charge in [0, 0.05) is 6.54 Å². The molecule has 0 saturated carbocycles. The van der Waals surface area contributed by atoms with Gasteiger partial charge in [-0.15, -0.1) is 0 Å². The maximum atomic E-state index is 12.1. The van der Waals surface area contributed by atoms with Crippen molar-refractivity contribution in [1.29, 1.82) is 0 Å². The largest absolute Gasteiger partial charge is 0.329 e. The van der Waals surface area contributed by atoms with Gasteiger partial charge < -0.3 is 5.73 Å². The summed E-state index contributed by atoms with van der Waals surface area (Å²) in [6.07, 6.45) is 0.576. The van der Waals surface area contributed by atoms with E-state index in [-0.39, 0.29) is 11.9 Å². The molecule has 18 heavy (non-hydrogen) atoms. The van der Waals surface area contributed by atoms with E-state index in [1.54, 1.807) is 5.01 Å². The van der Waals surface area contributed by atoms with Gasteiger partial charge in [0.05, 0.1) is 24.7 Å². The van der Waals surface area contributed by atoms with Gasteiger partial charge in [-0.1, -0.05) is 32.0 Å². The minimum absolute atomic E-state index is 0.169. The van der Waals surface area contributed by atoms with E-state index < -0.39 is 0 Å². The van der Waals surface area contributed by atoms with Crippen molar-refractivity contribution in [3.05, 3.63) is 30.3 Å². The molecule has 2 N–H and O–H groups in total. The third-order valence-corrected chi connectivity index (χ3v) is 3.38. The quantitative estimate of drug-likeness (QED) is 0.879. The molecule has 1 heterocycles. The number of rotatable bonds is 4. The first-order valence-corrected chi connectivity index (χ1v) is 6.49. The molecule has 1 aromatic rings. The van der Waals surface area contributed by atoms with Crippen LogP contribution in [0.3, 0.4) is 0 Å². The van der Waals surface area contributed by atoms with Crippen LogP contribution in [0.15, 0.2) is 30.3 Å². The maximum absolute atomic E-state index is 12.1. The summed E-state index contributed by atoms with van der Waals surface area (Å²) in [5.74, 6) is 0.597. The van der Waals surface area contributed by atoms with Gasteiger partial charge >= 0.3 is 0 Å². The van der Waals surface area contributed by atoms with E-state index >= 15 is 0 Å². The van der Waals surface area contributed by atoms with Crippen LogP contribution in [-0.4, -0.2) is 30.0 Å². The highest BCUT2D eigenvalue weighted by Crippen LogP contribution is 2.30. The van der Waals surface area contributed by atoms with Crippen LogP contribution < -0.4 is 10.7 Å². The van der Waals surface area contributed by atoms with E-state index in [0.29, 0.717) is 25.4 Å². The number of benzene rings is 1. The predicted molar refractivity (Wildman–Crippen MR) is 72.9 cm³/mol. The average molecular weight is 247 g/mol. The van der Waals surface area contributed by atoms with Crippen LogP contribution in [0.25, 0.3) is 0 Å². The summed E-state index contributed by atoms with van der Waals surface area (Å²) >= 11 is 0. The summed E-state index contributed by atoms with van der Waals surface area (Å²) in [6.45, 7) is 5.37. The third-order valence-electron chi connectivity index (χ3n) is 3.38. The van der Waals surface area contributed by atoms with Crippen molar-refractivity contribution in [2.45, 2.75) is 26.3 Å². The van der Waals surface area contributed by atoms with Gasteiger partial charge in [-0.05, 0) is 18.1 Å². The molecule has 1 atom stereocenters. The van der Waals surface area contributed by atoms with Crippen molar-refractivity contribution >= 4 is 11.6 Å². The highest BCUT2D eigenvalue weighted by atomic mass is 16.2. The summed E-state index contributed by atoms with van der Waals surface area (Å²) < 4.78 is 0. The minimum atomic E-state index is 0.169. The molecule has 1 fully saturated rings. The number of nitrogens with two attached hydrogens (primary N) is 1. The lowest BCUT2D eigenvalue weighted by atomic mass is 10.0. The first-order chi connectivity index (χ1) is 8.65. The molecule has 0 radical (unpaired) electrons. The Morgan fingerprint density at radius 3 is 2.56 bits per heavy atom. The highest BCUT2D eigenvalue weighted by molar-refractivity contribution is 5.83. The number of carbonyl (C=O) groups excluding carboxylic acids is 1. The van der Waals surface area contributed by atoms with Crippen LogP contribution in [0.2, 0.25) is 0 Å². The zero-order valence-electron chi connectivity index (χ0n) is 11.0. The summed E-state index contributed by atoms with van der Waals surface area (Å²) in [4.78, 5) is 12.1. The second kappa shape index (κ2) is 5.40. The molecule has 1 aliphatic rings. The zero-order valence-corrected chi connectivity index (χ0v) is 11.0. The van der Waals surface area contributed by atoms with E-state index in [1.165, 1.54) is 0 Å². The number of para-hydroxylation sites is 1. The van der Waals surface area contributed by atoms with Crippen LogP contribution in [-0.2, 0) is 4.79 Å². The van der Waals surface area contributed by atoms with Gasteiger partial charge in [-0.3, -0.25) is 14.8 Å². The van der Waals surface area contributed by atoms with Crippen LogP contribution in [0.4, 0.5) is 5.69 Å². The molecule has 4 heteroatoms. The highest BCUT2D eigenvalue weighted by Gasteiger charge is 2.38. The van der Waals surface area contributed by atoms with Gasteiger partial charge in [0.2, 0.25) is 5.91 Å². The Labute approximate surface area is 108 Å². The molecule has 0 aromatic heterocycles. The molecule has 2 rings (SSSR count). The molecular formula is C14H21N3O. The number of hydrogen-bond donors (Lipinski definition) is 1. The first kappa shape index (κ1) is 12.9. The van der Waals surface area contributed by atoms with Crippen molar-refractivity contribution in [1.82, 2.24) is 5.01 Å². The van der Waals surface area contributed by atoms with Crippen molar-refractivity contribution in [3.8, 4) is 0 Å². The van der Waals surface area contributed by atoms with Gasteiger partial charge in [-0.25, -0.2) is 0 Å². The standard InChI is InChI=1S/C14H21N3O/c1-11(2)13-10-14(18)16(9-8-15)17(13)12-6-4-3-5-7-12/h3-7,11,13H,8-10,15H2,1-2H3.